The molecule has 0 unspecified atom stereocenters. The maximum Gasteiger partial charge on any atom is 0.315 e. The van der Waals surface area contributed by atoms with Crippen LogP contribution >= 0.6 is 0 Å². The molecule has 21 heavy (non-hydrogen) atoms. The Balaban J connectivity index is 2.37. The van der Waals surface area contributed by atoms with Crippen molar-refractivity contribution < 1.29 is 14.4 Å². The molecule has 0 bridgehead atoms. The smallest absolute Gasteiger partial charge is 0.315 e. The molecule has 108 valence electrons. The summed E-state index contributed by atoms with van der Waals surface area (Å²) < 4.78 is 10.4. The molecule has 1 aromatic carbocycles. The summed E-state index contributed by atoms with van der Waals surface area (Å²) in [4.78, 5) is 14.4. The molecule has 0 aliphatic heterocycles. The molecule has 1 heterocycles. The van der Waals surface area contributed by atoms with Crippen LogP contribution < -0.4 is 15.2 Å². The molecule has 2 rings (SSSR count). The van der Waals surface area contributed by atoms with E-state index in [1.807, 2.05) is 0 Å². The number of nitrogens with two attached hydrogens (primary N) is 1. The van der Waals surface area contributed by atoms with Crippen LogP contribution in [0.1, 0.15) is 5.69 Å². The van der Waals surface area contributed by atoms with Gasteiger partial charge in [0.1, 0.15) is 23.0 Å². The van der Waals surface area contributed by atoms with Gasteiger partial charge in [-0.1, -0.05) is 0 Å². The lowest BCUT2D eigenvalue weighted by atomic mass is 10.2. The Morgan fingerprint density at radius 3 is 2.71 bits per heavy atom. The van der Waals surface area contributed by atoms with Crippen LogP contribution in [0.5, 0.6) is 17.2 Å². The SMILES string of the molecule is COc1ccc(Oc2ccnc(C(=N)N)c2)c([N+](=O)[O-])c1. The number of nitrogen functional groups attached to an aromatic ring is 1. The molecule has 1 aromatic heterocycles. The third-order valence-corrected chi connectivity index (χ3v) is 2.60. The molecule has 8 nitrogen and oxygen atoms in total. The maximum atomic E-state index is 11.1. The zero-order chi connectivity index (χ0) is 15.4. The van der Waals surface area contributed by atoms with Crippen molar-refractivity contribution in [1.82, 2.24) is 4.98 Å². The van der Waals surface area contributed by atoms with Crippen LogP contribution in [0.4, 0.5) is 5.69 Å². The molecule has 0 spiro atoms. The summed E-state index contributed by atoms with van der Waals surface area (Å²) in [6.45, 7) is 0. The van der Waals surface area contributed by atoms with Crippen molar-refractivity contribution in [3.63, 3.8) is 0 Å². The molecular weight excluding hydrogens is 276 g/mol. The molecule has 0 fully saturated rings. The zero-order valence-corrected chi connectivity index (χ0v) is 11.1. The highest BCUT2D eigenvalue weighted by molar-refractivity contribution is 5.93. The summed E-state index contributed by atoms with van der Waals surface area (Å²) in [6.07, 6.45) is 1.40. The lowest BCUT2D eigenvalue weighted by Gasteiger charge is -2.08. The monoisotopic (exact) mass is 288 g/mol. The molecule has 0 amide bonds. The Morgan fingerprint density at radius 1 is 1.33 bits per heavy atom. The van der Waals surface area contributed by atoms with Gasteiger partial charge in [-0.3, -0.25) is 20.5 Å². The van der Waals surface area contributed by atoms with E-state index in [1.165, 1.54) is 37.6 Å². The van der Waals surface area contributed by atoms with Crippen molar-refractivity contribution in [3.8, 4) is 17.2 Å². The number of amidine groups is 1. The molecule has 0 saturated carbocycles. The predicted octanol–water partition coefficient (Wildman–Crippen LogP) is 2.07. The quantitative estimate of drug-likeness (QED) is 0.375. The predicted molar refractivity (Wildman–Crippen MR) is 75.0 cm³/mol. The molecule has 0 aliphatic carbocycles. The average molecular weight is 288 g/mol. The number of nitrogens with zero attached hydrogens (tertiary/aromatic N) is 2. The van der Waals surface area contributed by atoms with Crippen molar-refractivity contribution in [3.05, 3.63) is 52.3 Å². The Morgan fingerprint density at radius 2 is 2.10 bits per heavy atom. The number of nitrogens with one attached hydrogen (secondary N) is 1. The summed E-state index contributed by atoms with van der Waals surface area (Å²) in [6, 6.07) is 7.19. The van der Waals surface area contributed by atoms with E-state index in [9.17, 15) is 10.1 Å². The van der Waals surface area contributed by atoms with E-state index in [1.54, 1.807) is 6.07 Å². The highest BCUT2D eigenvalue weighted by Gasteiger charge is 2.17. The van der Waals surface area contributed by atoms with Crippen LogP contribution in [0.3, 0.4) is 0 Å². The largest absolute Gasteiger partial charge is 0.496 e. The van der Waals surface area contributed by atoms with Gasteiger partial charge in [0.2, 0.25) is 5.75 Å². The lowest BCUT2D eigenvalue weighted by Crippen LogP contribution is -2.12. The lowest BCUT2D eigenvalue weighted by molar-refractivity contribution is -0.385. The first-order valence-electron chi connectivity index (χ1n) is 5.82. The fourth-order valence-corrected chi connectivity index (χ4v) is 1.60. The molecule has 0 atom stereocenters. The highest BCUT2D eigenvalue weighted by atomic mass is 16.6. The zero-order valence-electron chi connectivity index (χ0n) is 11.1. The third kappa shape index (κ3) is 3.24. The van der Waals surface area contributed by atoms with Crippen LogP contribution in [0.25, 0.3) is 0 Å². The molecule has 8 heteroatoms. The second kappa shape index (κ2) is 5.87. The van der Waals surface area contributed by atoms with Crippen LogP contribution in [0.2, 0.25) is 0 Å². The number of nitro benzene ring substituents is 1. The average Bonchev–Trinajstić information content (AvgIpc) is 2.47. The fraction of sp³-hybridized carbons (Fsp3) is 0.0769. The number of ether oxygens (including phenoxy) is 2. The molecular formula is C13H12N4O4. The summed E-state index contributed by atoms with van der Waals surface area (Å²) in [5.74, 6) is 0.489. The second-order valence-electron chi connectivity index (χ2n) is 3.98. The van der Waals surface area contributed by atoms with Gasteiger partial charge in [-0.05, 0) is 18.2 Å². The Hall–Kier alpha value is -3.16. The van der Waals surface area contributed by atoms with Gasteiger partial charge in [0, 0.05) is 12.3 Å². The summed E-state index contributed by atoms with van der Waals surface area (Å²) in [5, 5.41) is 18.4. The van der Waals surface area contributed by atoms with Crippen LogP contribution in [-0.4, -0.2) is 22.9 Å². The number of benzene rings is 1. The highest BCUT2D eigenvalue weighted by Crippen LogP contribution is 2.34. The van der Waals surface area contributed by atoms with Crippen molar-refractivity contribution in [2.75, 3.05) is 7.11 Å². The van der Waals surface area contributed by atoms with Gasteiger partial charge < -0.3 is 15.2 Å². The third-order valence-electron chi connectivity index (χ3n) is 2.60. The number of rotatable bonds is 5. The molecule has 3 N–H and O–H groups in total. The number of hydrogen-bond donors (Lipinski definition) is 2. The second-order valence-corrected chi connectivity index (χ2v) is 3.98. The van der Waals surface area contributed by atoms with E-state index in [0.717, 1.165) is 0 Å². The van der Waals surface area contributed by atoms with Gasteiger partial charge >= 0.3 is 5.69 Å². The minimum atomic E-state index is -0.565. The summed E-state index contributed by atoms with van der Waals surface area (Å²) >= 11 is 0. The topological polar surface area (TPSA) is 124 Å². The fourth-order valence-electron chi connectivity index (χ4n) is 1.60. The van der Waals surface area contributed by atoms with E-state index < -0.39 is 4.92 Å². The normalized spacial score (nSPS) is 9.95. The molecule has 2 aromatic rings. The van der Waals surface area contributed by atoms with Gasteiger partial charge in [0.25, 0.3) is 0 Å². The Bertz CT molecular complexity index is 702. The minimum absolute atomic E-state index is 0.0569. The van der Waals surface area contributed by atoms with Crippen LogP contribution in [0, 0.1) is 15.5 Å². The Kier molecular flexibility index (Phi) is 3.98. The first-order valence-corrected chi connectivity index (χ1v) is 5.82. The number of nitro groups is 1. The van der Waals surface area contributed by atoms with Crippen LogP contribution in [-0.2, 0) is 0 Å². The molecule has 0 saturated heterocycles. The van der Waals surface area contributed by atoms with Gasteiger partial charge in [-0.2, -0.15) is 0 Å². The first kappa shape index (κ1) is 14.3. The van der Waals surface area contributed by atoms with E-state index in [2.05, 4.69) is 4.98 Å². The van der Waals surface area contributed by atoms with E-state index in [4.69, 9.17) is 20.6 Å². The van der Waals surface area contributed by atoms with Gasteiger partial charge in [-0.15, -0.1) is 0 Å². The van der Waals surface area contributed by atoms with Crippen molar-refractivity contribution >= 4 is 11.5 Å². The molecule has 0 aliphatic rings. The van der Waals surface area contributed by atoms with Gasteiger partial charge in [-0.25, -0.2) is 0 Å². The number of aromatic nitrogens is 1. The van der Waals surface area contributed by atoms with Gasteiger partial charge in [0.05, 0.1) is 18.1 Å². The van der Waals surface area contributed by atoms with Crippen molar-refractivity contribution in [1.29, 1.82) is 5.41 Å². The summed E-state index contributed by atoms with van der Waals surface area (Å²) in [5.41, 5.74) is 5.33. The first-order chi connectivity index (χ1) is 10.0. The van der Waals surface area contributed by atoms with Crippen molar-refractivity contribution in [2.45, 2.75) is 0 Å². The maximum absolute atomic E-state index is 11.1. The summed E-state index contributed by atoms with van der Waals surface area (Å²) in [7, 11) is 1.42. The minimum Gasteiger partial charge on any atom is -0.496 e. The van der Waals surface area contributed by atoms with E-state index >= 15 is 0 Å². The van der Waals surface area contributed by atoms with E-state index in [-0.39, 0.29) is 23.0 Å². The molecule has 0 radical (unpaired) electrons. The number of methoxy groups -OCH3 is 1. The Labute approximate surface area is 119 Å². The van der Waals surface area contributed by atoms with E-state index in [0.29, 0.717) is 11.5 Å². The van der Waals surface area contributed by atoms with Gasteiger partial charge in [0.15, 0.2) is 0 Å². The van der Waals surface area contributed by atoms with Crippen molar-refractivity contribution in [2.24, 2.45) is 5.73 Å². The standard InChI is InChI=1S/C13H12N4O4/c1-20-8-2-3-12(11(7-8)17(18)19)21-9-4-5-16-10(6-9)13(14)15/h2-7H,1H3,(H3,14,15). The van der Waals surface area contributed by atoms with Crippen LogP contribution in [0.15, 0.2) is 36.5 Å². The number of hydrogen-bond acceptors (Lipinski definition) is 6. The number of pyridine rings is 1.